The molecule has 1 saturated carbocycles. The van der Waals surface area contributed by atoms with Crippen molar-refractivity contribution in [2.24, 2.45) is 5.92 Å². The summed E-state index contributed by atoms with van der Waals surface area (Å²) >= 11 is 0. The Labute approximate surface area is 192 Å². The minimum atomic E-state index is -2.05. The number of fused-ring (bicyclic) bond motifs is 3. The third kappa shape index (κ3) is 4.71. The molecule has 1 unspecified atom stereocenters. The monoisotopic (exact) mass is 452 g/mol. The first-order valence-corrected chi connectivity index (χ1v) is 11.1. The summed E-state index contributed by atoms with van der Waals surface area (Å²) in [6.45, 7) is 0.900. The van der Waals surface area contributed by atoms with Crippen LogP contribution < -0.4 is 10.6 Å². The van der Waals surface area contributed by atoms with Crippen molar-refractivity contribution in [2.45, 2.75) is 43.7 Å². The van der Waals surface area contributed by atoms with Crippen molar-refractivity contribution in [1.29, 1.82) is 0 Å². The Morgan fingerprint density at radius 3 is 2.24 bits per heavy atom. The van der Waals surface area contributed by atoms with Gasteiger partial charge in [0.25, 0.3) is 0 Å². The summed E-state index contributed by atoms with van der Waals surface area (Å²) in [5.41, 5.74) is 2.48. The van der Waals surface area contributed by atoms with Gasteiger partial charge in [-0.25, -0.2) is 9.59 Å². The second kappa shape index (κ2) is 9.23. The Hall–Kier alpha value is -3.39. The third-order valence-electron chi connectivity index (χ3n) is 6.57. The molecule has 1 fully saturated rings. The third-order valence-corrected chi connectivity index (χ3v) is 6.57. The van der Waals surface area contributed by atoms with Gasteiger partial charge in [-0.3, -0.25) is 4.79 Å². The summed E-state index contributed by atoms with van der Waals surface area (Å²) < 4.78 is 5.58. The molecule has 0 radical (unpaired) electrons. The van der Waals surface area contributed by atoms with Crippen molar-refractivity contribution in [3.05, 3.63) is 59.7 Å². The molecule has 0 aliphatic heterocycles. The fourth-order valence-corrected chi connectivity index (χ4v) is 4.70. The van der Waals surface area contributed by atoms with Crippen LogP contribution in [0.15, 0.2) is 48.5 Å². The smallest absolute Gasteiger partial charge is 0.407 e. The van der Waals surface area contributed by atoms with Crippen molar-refractivity contribution in [2.75, 3.05) is 13.2 Å². The van der Waals surface area contributed by atoms with E-state index < -0.39 is 42.1 Å². The van der Waals surface area contributed by atoms with E-state index in [0.717, 1.165) is 35.6 Å². The number of alkyl carbamates (subject to hydrolysis) is 1. The molecule has 174 valence electrons. The first-order chi connectivity index (χ1) is 15.8. The normalized spacial score (nSPS) is 20.9. The predicted octanol–water partition coefficient (Wildman–Crippen LogP) is 2.65. The van der Waals surface area contributed by atoms with Gasteiger partial charge < -0.3 is 25.6 Å². The molecule has 0 heterocycles. The molecular weight excluding hydrogens is 424 g/mol. The summed E-state index contributed by atoms with van der Waals surface area (Å²) in [6, 6.07) is 15.8. The lowest BCUT2D eigenvalue weighted by molar-refractivity contribution is -0.156. The lowest BCUT2D eigenvalue weighted by Gasteiger charge is -2.23. The van der Waals surface area contributed by atoms with E-state index in [-0.39, 0.29) is 12.5 Å². The molecule has 2 aliphatic carbocycles. The van der Waals surface area contributed by atoms with Crippen LogP contribution in [0.3, 0.4) is 0 Å². The molecular formula is C25H28N2O6. The van der Waals surface area contributed by atoms with Gasteiger partial charge in [-0.05, 0) is 42.0 Å². The van der Waals surface area contributed by atoms with Crippen molar-refractivity contribution >= 4 is 18.0 Å². The van der Waals surface area contributed by atoms with Crippen molar-refractivity contribution in [3.63, 3.8) is 0 Å². The van der Waals surface area contributed by atoms with Gasteiger partial charge in [-0.1, -0.05) is 55.0 Å². The van der Waals surface area contributed by atoms with E-state index in [1.54, 1.807) is 0 Å². The van der Waals surface area contributed by atoms with E-state index in [9.17, 15) is 19.5 Å². The van der Waals surface area contributed by atoms with Crippen LogP contribution in [0.5, 0.6) is 0 Å². The average molecular weight is 453 g/mol. The highest BCUT2D eigenvalue weighted by Gasteiger charge is 2.37. The molecule has 2 aliphatic rings. The van der Waals surface area contributed by atoms with Crippen LogP contribution in [-0.4, -0.2) is 53.0 Å². The van der Waals surface area contributed by atoms with Crippen molar-refractivity contribution in [1.82, 2.24) is 10.6 Å². The quantitative estimate of drug-likeness (QED) is 0.512. The minimum absolute atomic E-state index is 0.0518. The summed E-state index contributed by atoms with van der Waals surface area (Å²) in [5, 5.41) is 24.1. The van der Waals surface area contributed by atoms with E-state index in [2.05, 4.69) is 22.8 Å². The Morgan fingerprint density at radius 2 is 1.64 bits per heavy atom. The topological polar surface area (TPSA) is 125 Å². The summed E-state index contributed by atoms with van der Waals surface area (Å²) in [6.07, 6.45) is 1.36. The van der Waals surface area contributed by atoms with Crippen LogP contribution in [-0.2, 0) is 14.3 Å². The lowest BCUT2D eigenvalue weighted by atomic mass is 9.98. The molecule has 0 spiro atoms. The Morgan fingerprint density at radius 1 is 1.03 bits per heavy atom. The van der Waals surface area contributed by atoms with E-state index in [0.29, 0.717) is 12.8 Å². The van der Waals surface area contributed by atoms with Crippen LogP contribution in [0, 0.1) is 5.92 Å². The molecule has 2 amide bonds. The number of benzene rings is 2. The van der Waals surface area contributed by atoms with Gasteiger partial charge in [0.15, 0.2) is 5.60 Å². The number of aliphatic carboxylic acids is 1. The van der Waals surface area contributed by atoms with Crippen molar-refractivity contribution < 1.29 is 29.3 Å². The number of aliphatic hydroxyl groups is 1. The van der Waals surface area contributed by atoms with Gasteiger partial charge >= 0.3 is 12.1 Å². The van der Waals surface area contributed by atoms with Gasteiger partial charge in [0.05, 0.1) is 12.5 Å². The molecule has 2 aromatic carbocycles. The number of hydrogen-bond donors (Lipinski definition) is 4. The highest BCUT2D eigenvalue weighted by Crippen LogP contribution is 2.44. The van der Waals surface area contributed by atoms with E-state index >= 15 is 0 Å². The minimum Gasteiger partial charge on any atom is -0.479 e. The number of rotatable bonds is 7. The van der Waals surface area contributed by atoms with Gasteiger partial charge in [0.1, 0.15) is 6.61 Å². The van der Waals surface area contributed by atoms with Crippen LogP contribution in [0.1, 0.15) is 43.2 Å². The maximum Gasteiger partial charge on any atom is 0.407 e. The standard InChI is InChI=1S/C25H28N2O6/c1-25(32,23(29)30)14-26-22(28)19-11-6-12-21(19)27-24(31)33-13-20-17-9-4-2-7-15(17)16-8-3-5-10-18(16)20/h2-5,7-10,19-21,32H,6,11-14H2,1H3,(H,26,28)(H,27,31)(H,29,30)/t19-,21+,25?/m1/s1. The maximum atomic E-state index is 12.6. The van der Waals surface area contributed by atoms with E-state index in [4.69, 9.17) is 9.84 Å². The maximum absolute atomic E-state index is 12.6. The average Bonchev–Trinajstić information content (AvgIpc) is 3.38. The first kappa shape index (κ1) is 22.8. The fourth-order valence-electron chi connectivity index (χ4n) is 4.70. The fraction of sp³-hybridized carbons (Fsp3) is 0.400. The highest BCUT2D eigenvalue weighted by molar-refractivity contribution is 5.83. The molecule has 2 aromatic rings. The highest BCUT2D eigenvalue weighted by atomic mass is 16.5. The summed E-state index contributed by atoms with van der Waals surface area (Å²) in [5.74, 6) is -2.36. The van der Waals surface area contributed by atoms with E-state index in [1.807, 2.05) is 36.4 Å². The molecule has 0 bridgehead atoms. The number of carboxylic acids is 1. The Kier molecular flexibility index (Phi) is 6.37. The number of ether oxygens (including phenoxy) is 1. The molecule has 33 heavy (non-hydrogen) atoms. The Bertz CT molecular complexity index is 1020. The van der Waals surface area contributed by atoms with Crippen LogP contribution in [0.25, 0.3) is 11.1 Å². The predicted molar refractivity (Wildman–Crippen MR) is 121 cm³/mol. The lowest BCUT2D eigenvalue weighted by Crippen LogP contribution is -2.50. The zero-order chi connectivity index (χ0) is 23.6. The number of hydrogen-bond acceptors (Lipinski definition) is 5. The zero-order valence-corrected chi connectivity index (χ0v) is 18.4. The van der Waals surface area contributed by atoms with E-state index in [1.165, 1.54) is 0 Å². The SMILES string of the molecule is CC(O)(CNC(=O)[C@@H]1CCC[C@@H]1NC(=O)OCC1c2ccccc2-c2ccccc21)C(=O)O. The van der Waals surface area contributed by atoms with Gasteiger partial charge in [0.2, 0.25) is 5.91 Å². The molecule has 3 atom stereocenters. The van der Waals surface area contributed by atoms with Crippen LogP contribution in [0.4, 0.5) is 4.79 Å². The van der Waals surface area contributed by atoms with Gasteiger partial charge in [-0.2, -0.15) is 0 Å². The number of amides is 2. The molecule has 8 nitrogen and oxygen atoms in total. The second-order valence-electron chi connectivity index (χ2n) is 8.91. The summed E-state index contributed by atoms with van der Waals surface area (Å²) in [4.78, 5) is 36.1. The zero-order valence-electron chi connectivity index (χ0n) is 18.4. The number of carbonyl (C=O) groups is 3. The second-order valence-corrected chi connectivity index (χ2v) is 8.91. The Balaban J connectivity index is 1.34. The molecule has 4 rings (SSSR count). The van der Waals surface area contributed by atoms with Crippen molar-refractivity contribution in [3.8, 4) is 11.1 Å². The molecule has 0 saturated heterocycles. The van der Waals surface area contributed by atoms with Gasteiger partial charge in [-0.15, -0.1) is 0 Å². The molecule has 8 heteroatoms. The largest absolute Gasteiger partial charge is 0.479 e. The van der Waals surface area contributed by atoms with Crippen LogP contribution >= 0.6 is 0 Å². The number of nitrogens with one attached hydrogen (secondary N) is 2. The molecule has 4 N–H and O–H groups in total. The first-order valence-electron chi connectivity index (χ1n) is 11.1. The van der Waals surface area contributed by atoms with Crippen LogP contribution in [0.2, 0.25) is 0 Å². The number of carbonyl (C=O) groups excluding carboxylic acids is 2. The van der Waals surface area contributed by atoms with Gasteiger partial charge in [0, 0.05) is 12.0 Å². The summed E-state index contributed by atoms with van der Waals surface area (Å²) in [7, 11) is 0. The number of carboxylic acid groups (broad SMARTS) is 1. The molecule has 0 aromatic heterocycles.